The molecule has 1 aliphatic heterocycles. The third-order valence-electron chi connectivity index (χ3n) is 4.14. The molecule has 4 heteroatoms. The summed E-state index contributed by atoms with van der Waals surface area (Å²) in [6.07, 6.45) is 3.36. The Bertz CT molecular complexity index is 378. The zero-order valence-electron chi connectivity index (χ0n) is 13.1. The van der Waals surface area contributed by atoms with Gasteiger partial charge < -0.3 is 19.6 Å². The first-order valence-electron chi connectivity index (χ1n) is 8.00. The van der Waals surface area contributed by atoms with E-state index in [1.165, 1.54) is 5.69 Å². The van der Waals surface area contributed by atoms with Crippen molar-refractivity contribution in [2.45, 2.75) is 25.4 Å². The van der Waals surface area contributed by atoms with Gasteiger partial charge in [-0.3, -0.25) is 0 Å². The molecule has 0 atom stereocenters. The number of para-hydroxylation sites is 1. The van der Waals surface area contributed by atoms with E-state index < -0.39 is 0 Å². The first-order chi connectivity index (χ1) is 10.3. The second-order valence-corrected chi connectivity index (χ2v) is 5.75. The van der Waals surface area contributed by atoms with Crippen LogP contribution in [0.25, 0.3) is 0 Å². The largest absolute Gasteiger partial charge is 0.396 e. The van der Waals surface area contributed by atoms with Crippen LogP contribution in [0.15, 0.2) is 30.3 Å². The van der Waals surface area contributed by atoms with Crippen molar-refractivity contribution in [3.63, 3.8) is 0 Å². The minimum Gasteiger partial charge on any atom is -0.396 e. The molecule has 0 radical (unpaired) electrons. The number of aliphatic hydroxyl groups is 1. The van der Waals surface area contributed by atoms with E-state index >= 15 is 0 Å². The van der Waals surface area contributed by atoms with E-state index in [-0.39, 0.29) is 6.61 Å². The quantitative estimate of drug-likeness (QED) is 0.743. The van der Waals surface area contributed by atoms with Crippen LogP contribution in [0.2, 0.25) is 0 Å². The fourth-order valence-corrected chi connectivity index (χ4v) is 2.72. The molecule has 4 nitrogen and oxygen atoms in total. The number of piperidine rings is 1. The number of benzene rings is 1. The number of aliphatic hydroxyl groups excluding tert-OH is 1. The minimum atomic E-state index is 0.227. The van der Waals surface area contributed by atoms with Crippen LogP contribution in [0.5, 0.6) is 0 Å². The van der Waals surface area contributed by atoms with E-state index in [1.807, 2.05) is 0 Å². The van der Waals surface area contributed by atoms with Gasteiger partial charge >= 0.3 is 0 Å². The van der Waals surface area contributed by atoms with E-state index in [1.54, 1.807) is 0 Å². The Morgan fingerprint density at radius 1 is 1.24 bits per heavy atom. The van der Waals surface area contributed by atoms with Gasteiger partial charge in [-0.25, -0.2) is 0 Å². The lowest BCUT2D eigenvalue weighted by Gasteiger charge is -2.33. The molecule has 2 rings (SSSR count). The molecule has 1 heterocycles. The van der Waals surface area contributed by atoms with Gasteiger partial charge in [-0.05, 0) is 31.4 Å². The van der Waals surface area contributed by atoms with Crippen LogP contribution in [-0.4, -0.2) is 62.6 Å². The highest BCUT2D eigenvalue weighted by atomic mass is 16.5. The molecule has 0 unspecified atom stereocenters. The van der Waals surface area contributed by atoms with E-state index in [0.29, 0.717) is 12.7 Å². The molecule has 0 amide bonds. The highest BCUT2D eigenvalue weighted by Crippen LogP contribution is 2.15. The van der Waals surface area contributed by atoms with Crippen molar-refractivity contribution in [2.24, 2.45) is 0 Å². The maximum Gasteiger partial charge on any atom is 0.0599 e. The summed E-state index contributed by atoms with van der Waals surface area (Å²) in [5.74, 6) is 0. The predicted octanol–water partition coefficient (Wildman–Crippen LogP) is 1.99. The standard InChI is InChI=1S/C17H28N2O2/c1-18(16-6-3-2-4-7-16)12-13-19-10-8-17(9-11-19)21-15-5-14-20/h2-4,6-7,17,20H,5,8-15H2,1H3. The first kappa shape index (κ1) is 16.3. The highest BCUT2D eigenvalue weighted by molar-refractivity contribution is 5.44. The van der Waals surface area contributed by atoms with Crippen LogP contribution in [0.4, 0.5) is 5.69 Å². The molecule has 1 aromatic rings. The van der Waals surface area contributed by atoms with E-state index in [2.05, 4.69) is 47.2 Å². The van der Waals surface area contributed by atoms with Crippen molar-refractivity contribution in [2.75, 3.05) is 51.3 Å². The van der Waals surface area contributed by atoms with Gasteiger partial charge in [-0.1, -0.05) is 18.2 Å². The minimum absolute atomic E-state index is 0.227. The number of rotatable bonds is 8. The van der Waals surface area contributed by atoms with Gasteiger partial charge in [-0.2, -0.15) is 0 Å². The fourth-order valence-electron chi connectivity index (χ4n) is 2.72. The van der Waals surface area contributed by atoms with E-state index in [9.17, 15) is 0 Å². The third-order valence-corrected chi connectivity index (χ3v) is 4.14. The van der Waals surface area contributed by atoms with Gasteiger partial charge in [0.1, 0.15) is 0 Å². The number of hydrogen-bond acceptors (Lipinski definition) is 4. The Labute approximate surface area is 128 Å². The Morgan fingerprint density at radius 3 is 2.62 bits per heavy atom. The number of nitrogens with zero attached hydrogens (tertiary/aromatic N) is 2. The normalized spacial score (nSPS) is 17.0. The molecule has 118 valence electrons. The molecule has 1 saturated heterocycles. The number of hydrogen-bond donors (Lipinski definition) is 1. The lowest BCUT2D eigenvalue weighted by molar-refractivity contribution is 0.00287. The summed E-state index contributed by atoms with van der Waals surface area (Å²) in [5, 5.41) is 8.76. The summed E-state index contributed by atoms with van der Waals surface area (Å²) in [6, 6.07) is 10.5. The van der Waals surface area contributed by atoms with E-state index in [4.69, 9.17) is 9.84 Å². The van der Waals surface area contributed by atoms with Gasteiger partial charge in [0, 0.05) is 52.1 Å². The maximum atomic E-state index is 8.76. The lowest BCUT2D eigenvalue weighted by Crippen LogP contribution is -2.41. The van der Waals surface area contributed by atoms with Gasteiger partial charge in [0.05, 0.1) is 6.10 Å². The average molecular weight is 292 g/mol. The number of likely N-dealkylation sites (N-methyl/N-ethyl adjacent to an activating group) is 1. The Balaban J connectivity index is 1.62. The summed E-state index contributed by atoms with van der Waals surface area (Å²) >= 11 is 0. The molecule has 1 aliphatic rings. The summed E-state index contributed by atoms with van der Waals surface area (Å²) in [5.41, 5.74) is 1.28. The van der Waals surface area contributed by atoms with Crippen LogP contribution < -0.4 is 4.90 Å². The molecule has 1 aromatic carbocycles. The predicted molar refractivity (Wildman–Crippen MR) is 86.8 cm³/mol. The molecule has 0 aliphatic carbocycles. The SMILES string of the molecule is CN(CCN1CCC(OCCCO)CC1)c1ccccc1. The summed E-state index contributed by atoms with van der Waals surface area (Å²) in [4.78, 5) is 4.83. The average Bonchev–Trinajstić information content (AvgIpc) is 2.55. The smallest absolute Gasteiger partial charge is 0.0599 e. The second-order valence-electron chi connectivity index (χ2n) is 5.75. The number of ether oxygens (including phenoxy) is 1. The van der Waals surface area contributed by atoms with Gasteiger partial charge in [-0.15, -0.1) is 0 Å². The molecule has 0 aromatic heterocycles. The zero-order valence-corrected chi connectivity index (χ0v) is 13.1. The molecule has 1 fully saturated rings. The van der Waals surface area contributed by atoms with Gasteiger partial charge in [0.15, 0.2) is 0 Å². The van der Waals surface area contributed by atoms with Crippen LogP contribution in [-0.2, 0) is 4.74 Å². The second kappa shape index (κ2) is 9.03. The summed E-state index contributed by atoms with van der Waals surface area (Å²) in [6.45, 7) is 5.32. The number of anilines is 1. The fraction of sp³-hybridized carbons (Fsp3) is 0.647. The molecule has 1 N–H and O–H groups in total. The van der Waals surface area contributed by atoms with Gasteiger partial charge in [0.2, 0.25) is 0 Å². The Kier molecular flexibility index (Phi) is 7.00. The molecular weight excluding hydrogens is 264 g/mol. The van der Waals surface area contributed by atoms with Crippen molar-refractivity contribution in [1.29, 1.82) is 0 Å². The molecule has 0 saturated carbocycles. The third kappa shape index (κ3) is 5.65. The monoisotopic (exact) mass is 292 g/mol. The molecule has 0 bridgehead atoms. The van der Waals surface area contributed by atoms with Crippen LogP contribution in [0.1, 0.15) is 19.3 Å². The van der Waals surface area contributed by atoms with Crippen molar-refractivity contribution < 1.29 is 9.84 Å². The molecule has 21 heavy (non-hydrogen) atoms. The van der Waals surface area contributed by atoms with Crippen LogP contribution in [0, 0.1) is 0 Å². The molecule has 0 spiro atoms. The van der Waals surface area contributed by atoms with Gasteiger partial charge in [0.25, 0.3) is 0 Å². The molecular formula is C17H28N2O2. The summed E-state index contributed by atoms with van der Waals surface area (Å²) in [7, 11) is 2.15. The Hall–Kier alpha value is -1.10. The Morgan fingerprint density at radius 2 is 1.95 bits per heavy atom. The van der Waals surface area contributed by atoms with Crippen molar-refractivity contribution in [1.82, 2.24) is 4.90 Å². The lowest BCUT2D eigenvalue weighted by atomic mass is 10.1. The first-order valence-corrected chi connectivity index (χ1v) is 8.00. The zero-order chi connectivity index (χ0) is 14.9. The number of likely N-dealkylation sites (tertiary alicyclic amines) is 1. The summed E-state index contributed by atoms with van der Waals surface area (Å²) < 4.78 is 5.77. The maximum absolute atomic E-state index is 8.76. The topological polar surface area (TPSA) is 35.9 Å². The van der Waals surface area contributed by atoms with Crippen LogP contribution in [0.3, 0.4) is 0 Å². The van der Waals surface area contributed by atoms with Crippen LogP contribution >= 0.6 is 0 Å². The van der Waals surface area contributed by atoms with Crippen molar-refractivity contribution in [3.05, 3.63) is 30.3 Å². The van der Waals surface area contributed by atoms with Crippen molar-refractivity contribution in [3.8, 4) is 0 Å². The van der Waals surface area contributed by atoms with E-state index in [0.717, 1.165) is 45.4 Å². The van der Waals surface area contributed by atoms with Crippen molar-refractivity contribution >= 4 is 5.69 Å². The highest BCUT2D eigenvalue weighted by Gasteiger charge is 2.19.